The van der Waals surface area contributed by atoms with E-state index in [0.29, 0.717) is 17.3 Å². The van der Waals surface area contributed by atoms with Gasteiger partial charge < -0.3 is 16.4 Å². The summed E-state index contributed by atoms with van der Waals surface area (Å²) in [7, 11) is 0. The molecule has 5 nitrogen and oxygen atoms in total. The van der Waals surface area contributed by atoms with Gasteiger partial charge in [-0.2, -0.15) is 0 Å². The third-order valence-electron chi connectivity index (χ3n) is 5.07. The lowest BCUT2D eigenvalue weighted by Crippen LogP contribution is -2.30. The molecule has 0 atom stereocenters. The average molecular weight is 340 g/mol. The van der Waals surface area contributed by atoms with Crippen molar-refractivity contribution in [2.75, 3.05) is 11.9 Å². The van der Waals surface area contributed by atoms with Gasteiger partial charge in [0.15, 0.2) is 0 Å². The van der Waals surface area contributed by atoms with Crippen LogP contribution in [0.15, 0.2) is 35.5 Å². The van der Waals surface area contributed by atoms with Gasteiger partial charge in [0.2, 0.25) is 0 Å². The summed E-state index contributed by atoms with van der Waals surface area (Å²) in [6.07, 6.45) is 5.11. The van der Waals surface area contributed by atoms with Crippen LogP contribution in [0.2, 0.25) is 0 Å². The minimum atomic E-state index is -0.186. The molecule has 0 radical (unpaired) electrons. The number of hydrogen-bond acceptors (Lipinski definition) is 3. The number of allylic oxidation sites excluding steroid dienone is 2. The quantitative estimate of drug-likeness (QED) is 0.610. The standard InChI is InChI=1S/C20H28N4O/c1-20(2)9-8-16(17(21)11-20)18(22)14-4-3-5-15(10-14)24-19(25)23-12-13-6-7-13/h3-5,10,13,22H,6-9,11-12,21H2,1-2H3,(H2,23,24,25). The van der Waals surface area contributed by atoms with Crippen LogP contribution in [0.5, 0.6) is 0 Å². The van der Waals surface area contributed by atoms with Crippen molar-refractivity contribution in [1.29, 1.82) is 5.41 Å². The average Bonchev–Trinajstić information content (AvgIpc) is 3.36. The topological polar surface area (TPSA) is 91.0 Å². The van der Waals surface area contributed by atoms with E-state index in [-0.39, 0.29) is 11.4 Å². The molecule has 0 bridgehead atoms. The van der Waals surface area contributed by atoms with E-state index in [1.54, 1.807) is 0 Å². The fraction of sp³-hybridized carbons (Fsp3) is 0.500. The van der Waals surface area contributed by atoms with Crippen molar-refractivity contribution in [1.82, 2.24) is 5.32 Å². The third-order valence-corrected chi connectivity index (χ3v) is 5.07. The molecular weight excluding hydrogens is 312 g/mol. The zero-order valence-electron chi connectivity index (χ0n) is 15.1. The molecule has 1 saturated carbocycles. The molecule has 2 aliphatic carbocycles. The van der Waals surface area contributed by atoms with Gasteiger partial charge in [-0.25, -0.2) is 4.79 Å². The summed E-state index contributed by atoms with van der Waals surface area (Å²) in [6.45, 7) is 5.16. The van der Waals surface area contributed by atoms with E-state index >= 15 is 0 Å². The molecule has 0 aliphatic heterocycles. The number of hydrogen-bond donors (Lipinski definition) is 4. The third kappa shape index (κ3) is 4.62. The molecule has 5 N–H and O–H groups in total. The van der Waals surface area contributed by atoms with Gasteiger partial charge >= 0.3 is 6.03 Å². The number of nitrogens with one attached hydrogen (secondary N) is 3. The van der Waals surface area contributed by atoms with Crippen LogP contribution in [-0.2, 0) is 0 Å². The van der Waals surface area contributed by atoms with Crippen molar-refractivity contribution in [3.8, 4) is 0 Å². The normalized spacial score (nSPS) is 19.4. The van der Waals surface area contributed by atoms with E-state index < -0.39 is 0 Å². The maximum Gasteiger partial charge on any atom is 0.319 e. The molecule has 5 heteroatoms. The van der Waals surface area contributed by atoms with Crippen LogP contribution in [0.25, 0.3) is 0 Å². The maximum absolute atomic E-state index is 11.9. The van der Waals surface area contributed by atoms with E-state index in [1.165, 1.54) is 12.8 Å². The number of rotatable bonds is 5. The molecular formula is C20H28N4O. The molecule has 1 aromatic carbocycles. The Bertz CT molecular complexity index is 716. The molecule has 0 spiro atoms. The van der Waals surface area contributed by atoms with Crippen LogP contribution in [-0.4, -0.2) is 18.3 Å². The second-order valence-corrected chi connectivity index (χ2v) is 8.08. The number of amides is 2. The maximum atomic E-state index is 11.9. The van der Waals surface area contributed by atoms with Gasteiger partial charge in [0.05, 0.1) is 5.71 Å². The van der Waals surface area contributed by atoms with E-state index in [4.69, 9.17) is 11.1 Å². The number of anilines is 1. The Morgan fingerprint density at radius 3 is 2.80 bits per heavy atom. The molecule has 3 rings (SSSR count). The van der Waals surface area contributed by atoms with Gasteiger partial charge in [0.25, 0.3) is 0 Å². The minimum Gasteiger partial charge on any atom is -0.402 e. The Morgan fingerprint density at radius 1 is 1.36 bits per heavy atom. The van der Waals surface area contributed by atoms with Crippen LogP contribution in [0.3, 0.4) is 0 Å². The van der Waals surface area contributed by atoms with Crippen molar-refractivity contribution in [3.05, 3.63) is 41.1 Å². The molecule has 0 saturated heterocycles. The summed E-state index contributed by atoms with van der Waals surface area (Å²) in [4.78, 5) is 11.9. The molecule has 25 heavy (non-hydrogen) atoms. The molecule has 134 valence electrons. The Balaban J connectivity index is 1.68. The van der Waals surface area contributed by atoms with Crippen molar-refractivity contribution in [2.45, 2.75) is 46.0 Å². The summed E-state index contributed by atoms with van der Waals surface area (Å²) in [6, 6.07) is 7.27. The van der Waals surface area contributed by atoms with Gasteiger partial charge in [-0.05, 0) is 61.1 Å². The van der Waals surface area contributed by atoms with Crippen molar-refractivity contribution >= 4 is 17.4 Å². The van der Waals surface area contributed by atoms with E-state index in [9.17, 15) is 4.79 Å². The summed E-state index contributed by atoms with van der Waals surface area (Å²) < 4.78 is 0. The smallest absolute Gasteiger partial charge is 0.319 e. The first-order valence-electron chi connectivity index (χ1n) is 9.06. The lowest BCUT2D eigenvalue weighted by atomic mass is 9.75. The Labute approximate surface area is 149 Å². The predicted molar refractivity (Wildman–Crippen MR) is 102 cm³/mol. The van der Waals surface area contributed by atoms with Crippen LogP contribution in [0.1, 0.15) is 51.5 Å². The predicted octanol–water partition coefficient (Wildman–Crippen LogP) is 4.01. The van der Waals surface area contributed by atoms with Gasteiger partial charge in [0, 0.05) is 23.5 Å². The van der Waals surface area contributed by atoms with Gasteiger partial charge in [-0.15, -0.1) is 0 Å². The molecule has 2 aliphatic rings. The highest BCUT2D eigenvalue weighted by molar-refractivity contribution is 6.11. The van der Waals surface area contributed by atoms with Gasteiger partial charge in [0.1, 0.15) is 0 Å². The molecule has 0 heterocycles. The number of carbonyl (C=O) groups is 1. The van der Waals surface area contributed by atoms with Gasteiger partial charge in [-0.1, -0.05) is 26.0 Å². The van der Waals surface area contributed by atoms with E-state index in [0.717, 1.165) is 42.6 Å². The number of urea groups is 1. The minimum absolute atomic E-state index is 0.186. The SMILES string of the molecule is CC1(C)CCC(C(=N)c2cccc(NC(=O)NCC3CC3)c2)=C(N)C1. The lowest BCUT2D eigenvalue weighted by Gasteiger charge is -2.31. The molecule has 2 amide bonds. The van der Waals surface area contributed by atoms with Gasteiger partial charge in [-0.3, -0.25) is 5.41 Å². The summed E-state index contributed by atoms with van der Waals surface area (Å²) in [5.74, 6) is 0.649. The fourth-order valence-electron chi connectivity index (χ4n) is 3.28. The summed E-state index contributed by atoms with van der Waals surface area (Å²) in [5.41, 5.74) is 10.2. The highest BCUT2D eigenvalue weighted by atomic mass is 16.2. The van der Waals surface area contributed by atoms with Crippen LogP contribution >= 0.6 is 0 Å². The van der Waals surface area contributed by atoms with Crippen LogP contribution in [0.4, 0.5) is 10.5 Å². The molecule has 1 fully saturated rings. The second-order valence-electron chi connectivity index (χ2n) is 8.08. The van der Waals surface area contributed by atoms with Crippen molar-refractivity contribution < 1.29 is 4.79 Å². The molecule has 1 aromatic rings. The number of nitrogens with two attached hydrogens (primary N) is 1. The highest BCUT2D eigenvalue weighted by Crippen LogP contribution is 2.37. The van der Waals surface area contributed by atoms with Crippen LogP contribution < -0.4 is 16.4 Å². The lowest BCUT2D eigenvalue weighted by molar-refractivity contribution is 0.251. The molecule has 0 aromatic heterocycles. The second kappa shape index (κ2) is 6.90. The fourth-order valence-corrected chi connectivity index (χ4v) is 3.28. The van der Waals surface area contributed by atoms with Crippen LogP contribution in [0, 0.1) is 16.7 Å². The van der Waals surface area contributed by atoms with Crippen molar-refractivity contribution in [2.24, 2.45) is 17.1 Å². The Hall–Kier alpha value is -2.30. The monoisotopic (exact) mass is 340 g/mol. The van der Waals surface area contributed by atoms with Crippen molar-refractivity contribution in [3.63, 3.8) is 0 Å². The number of carbonyl (C=O) groups excluding carboxylic acids is 1. The largest absolute Gasteiger partial charge is 0.402 e. The summed E-state index contributed by atoms with van der Waals surface area (Å²) in [5, 5.41) is 14.3. The first kappa shape index (κ1) is 17.5. The first-order valence-corrected chi connectivity index (χ1v) is 9.06. The Morgan fingerprint density at radius 2 is 2.12 bits per heavy atom. The summed E-state index contributed by atoms with van der Waals surface area (Å²) >= 11 is 0. The first-order chi connectivity index (χ1) is 11.8. The highest BCUT2D eigenvalue weighted by Gasteiger charge is 2.27. The zero-order chi connectivity index (χ0) is 18.0. The molecule has 0 unspecified atom stereocenters. The number of benzene rings is 1. The van der Waals surface area contributed by atoms with E-state index in [1.807, 2.05) is 24.3 Å². The van der Waals surface area contributed by atoms with E-state index in [2.05, 4.69) is 24.5 Å². The zero-order valence-corrected chi connectivity index (χ0v) is 15.1. The Kier molecular flexibility index (Phi) is 4.84.